The number of nitriles is 1. The molecule has 0 fully saturated rings. The van der Waals surface area contributed by atoms with Crippen LogP contribution in [0.25, 0.3) is 94.1 Å². The van der Waals surface area contributed by atoms with Gasteiger partial charge in [0, 0.05) is 39.0 Å². The monoisotopic (exact) mass is 650 g/mol. The lowest BCUT2D eigenvalue weighted by atomic mass is 10.0. The number of hydrogen-bond donors (Lipinski definition) is 0. The van der Waals surface area contributed by atoms with Crippen LogP contribution in [0.2, 0.25) is 0 Å². The highest BCUT2D eigenvalue weighted by Gasteiger charge is 2.18. The lowest BCUT2D eigenvalue weighted by Crippen LogP contribution is -2.00. The number of hydrogen-bond acceptors (Lipinski definition) is 5. The first kappa shape index (κ1) is 28.8. The second-order valence-corrected chi connectivity index (χ2v) is 12.7. The molecule has 0 saturated carbocycles. The van der Waals surface area contributed by atoms with Crippen molar-refractivity contribution in [3.63, 3.8) is 0 Å². The molecule has 0 spiro atoms. The number of nitrogens with zero attached hydrogens (tertiary/aromatic N) is 6. The number of pyridine rings is 1. The van der Waals surface area contributed by atoms with Crippen LogP contribution in [0, 0.1) is 11.3 Å². The topological polar surface area (TPSA) is 80.3 Å². The highest BCUT2D eigenvalue weighted by molar-refractivity contribution is 6.11. The molecule has 10 rings (SSSR count). The molecule has 6 heteroatoms. The smallest absolute Gasteiger partial charge is 0.164 e. The fourth-order valence-corrected chi connectivity index (χ4v) is 7.18. The maximum absolute atomic E-state index is 9.88. The summed E-state index contributed by atoms with van der Waals surface area (Å²) < 4.78 is 2.24. The van der Waals surface area contributed by atoms with Crippen molar-refractivity contribution in [1.29, 1.82) is 5.26 Å². The Kier molecular flexibility index (Phi) is 6.45. The number of para-hydroxylation sites is 1. The molecule has 0 saturated heterocycles. The molecule has 236 valence electrons. The fraction of sp³-hybridized carbons (Fsp3) is 0. The van der Waals surface area contributed by atoms with E-state index in [1.165, 1.54) is 0 Å². The molecule has 0 aliphatic carbocycles. The van der Waals surface area contributed by atoms with Crippen LogP contribution in [0.15, 0.2) is 158 Å². The zero-order chi connectivity index (χ0) is 33.9. The fourth-order valence-electron chi connectivity index (χ4n) is 7.18. The minimum absolute atomic E-state index is 0.572. The number of aromatic nitrogens is 5. The van der Waals surface area contributed by atoms with Crippen molar-refractivity contribution in [2.45, 2.75) is 0 Å². The summed E-state index contributed by atoms with van der Waals surface area (Å²) in [6, 6.07) is 54.0. The second-order valence-electron chi connectivity index (χ2n) is 12.7. The quantitative estimate of drug-likeness (QED) is 0.189. The van der Waals surface area contributed by atoms with Crippen molar-refractivity contribution >= 4 is 54.3 Å². The maximum Gasteiger partial charge on any atom is 0.164 e. The van der Waals surface area contributed by atoms with E-state index < -0.39 is 0 Å². The Morgan fingerprint density at radius 2 is 0.980 bits per heavy atom. The van der Waals surface area contributed by atoms with Gasteiger partial charge in [-0.1, -0.05) is 91.0 Å². The summed E-state index contributed by atoms with van der Waals surface area (Å²) in [7, 11) is 0. The zero-order valence-electron chi connectivity index (χ0n) is 27.2. The van der Waals surface area contributed by atoms with Crippen LogP contribution in [-0.4, -0.2) is 24.5 Å². The normalized spacial score (nSPS) is 11.5. The summed E-state index contributed by atoms with van der Waals surface area (Å²) in [5.41, 5.74) is 7.15. The summed E-state index contributed by atoms with van der Waals surface area (Å²) in [5.74, 6) is 1.78. The predicted molar refractivity (Wildman–Crippen MR) is 206 cm³/mol. The molecule has 7 aromatic carbocycles. The largest absolute Gasteiger partial charge is 0.307 e. The van der Waals surface area contributed by atoms with Crippen LogP contribution in [0.1, 0.15) is 5.56 Å². The van der Waals surface area contributed by atoms with E-state index in [1.807, 2.05) is 54.7 Å². The molecule has 51 heavy (non-hydrogen) atoms. The van der Waals surface area contributed by atoms with E-state index in [4.69, 9.17) is 19.9 Å². The van der Waals surface area contributed by atoms with Crippen LogP contribution >= 0.6 is 0 Å². The molecule has 10 aromatic rings. The van der Waals surface area contributed by atoms with Crippen LogP contribution in [0.4, 0.5) is 0 Å². The van der Waals surface area contributed by atoms with Gasteiger partial charge in [0.2, 0.25) is 0 Å². The zero-order valence-corrected chi connectivity index (χ0v) is 27.2. The van der Waals surface area contributed by atoms with Gasteiger partial charge in [-0.15, -0.1) is 0 Å². The molecule has 3 heterocycles. The van der Waals surface area contributed by atoms with Gasteiger partial charge < -0.3 is 4.57 Å². The highest BCUT2D eigenvalue weighted by Crippen LogP contribution is 2.37. The minimum atomic E-state index is 0.572. The molecule has 0 aliphatic rings. The molecule has 0 bridgehead atoms. The molecule has 0 amide bonds. The first-order valence-electron chi connectivity index (χ1n) is 16.8. The van der Waals surface area contributed by atoms with Gasteiger partial charge in [-0.05, 0) is 82.2 Å². The molecule has 0 radical (unpaired) electrons. The first-order valence-corrected chi connectivity index (χ1v) is 16.8. The lowest BCUT2D eigenvalue weighted by Gasteiger charge is -2.11. The molecule has 0 aliphatic heterocycles. The number of fused-ring (bicyclic) bond motifs is 6. The van der Waals surface area contributed by atoms with E-state index in [0.717, 1.165) is 76.6 Å². The van der Waals surface area contributed by atoms with E-state index in [-0.39, 0.29) is 0 Å². The molecule has 0 N–H and O–H groups in total. The maximum atomic E-state index is 9.88. The molecule has 3 aromatic heterocycles. The summed E-state index contributed by atoms with van der Waals surface area (Å²) in [5, 5.41) is 17.5. The van der Waals surface area contributed by atoms with Crippen molar-refractivity contribution in [1.82, 2.24) is 24.5 Å². The van der Waals surface area contributed by atoms with Crippen molar-refractivity contribution in [2.75, 3.05) is 0 Å². The third-order valence-electron chi connectivity index (χ3n) is 9.66. The van der Waals surface area contributed by atoms with Gasteiger partial charge >= 0.3 is 0 Å². The molecular formula is C45H26N6. The average molecular weight is 651 g/mol. The summed E-state index contributed by atoms with van der Waals surface area (Å²) in [4.78, 5) is 20.0. The Morgan fingerprint density at radius 1 is 0.451 bits per heavy atom. The van der Waals surface area contributed by atoms with Gasteiger partial charge in [0.25, 0.3) is 0 Å². The van der Waals surface area contributed by atoms with Gasteiger partial charge in [-0.25, -0.2) is 15.0 Å². The van der Waals surface area contributed by atoms with Gasteiger partial charge in [-0.3, -0.25) is 4.98 Å². The Morgan fingerprint density at radius 3 is 1.63 bits per heavy atom. The van der Waals surface area contributed by atoms with Gasteiger partial charge in [-0.2, -0.15) is 5.26 Å². The molecule has 0 unspecified atom stereocenters. The van der Waals surface area contributed by atoms with E-state index in [1.54, 1.807) is 0 Å². The van der Waals surface area contributed by atoms with Gasteiger partial charge in [0.15, 0.2) is 17.5 Å². The molecule has 6 nitrogen and oxygen atoms in total. The Labute approximate surface area is 292 Å². The van der Waals surface area contributed by atoms with Crippen molar-refractivity contribution in [3.05, 3.63) is 163 Å². The van der Waals surface area contributed by atoms with Crippen LogP contribution in [0.5, 0.6) is 0 Å². The SMILES string of the molecule is N#Cc1ccc2c(c1)c1cc(-c3nc(-c4ccc5ccccc5c4)nc(-c4ccc5ccccc5c4)n3)ccc1n2-c1cccc2cccnc12. The summed E-state index contributed by atoms with van der Waals surface area (Å²) in [6.07, 6.45) is 1.83. The van der Waals surface area contributed by atoms with Crippen molar-refractivity contribution in [2.24, 2.45) is 0 Å². The van der Waals surface area contributed by atoms with Crippen molar-refractivity contribution in [3.8, 4) is 45.9 Å². The lowest BCUT2D eigenvalue weighted by molar-refractivity contribution is 1.08. The van der Waals surface area contributed by atoms with Crippen LogP contribution in [0.3, 0.4) is 0 Å². The Hall–Kier alpha value is -7.23. The van der Waals surface area contributed by atoms with E-state index in [2.05, 4.69) is 114 Å². The van der Waals surface area contributed by atoms with E-state index in [0.29, 0.717) is 23.0 Å². The minimum Gasteiger partial charge on any atom is -0.307 e. The third-order valence-corrected chi connectivity index (χ3v) is 9.66. The molecule has 0 atom stereocenters. The first-order chi connectivity index (χ1) is 25.2. The summed E-state index contributed by atoms with van der Waals surface area (Å²) in [6.45, 7) is 0. The molecular weight excluding hydrogens is 625 g/mol. The predicted octanol–water partition coefficient (Wildman–Crippen LogP) is 10.7. The van der Waals surface area contributed by atoms with Gasteiger partial charge in [0.1, 0.15) is 0 Å². The third kappa shape index (κ3) is 4.79. The van der Waals surface area contributed by atoms with E-state index >= 15 is 0 Å². The van der Waals surface area contributed by atoms with E-state index in [9.17, 15) is 5.26 Å². The van der Waals surface area contributed by atoms with Crippen LogP contribution in [-0.2, 0) is 0 Å². The summed E-state index contributed by atoms with van der Waals surface area (Å²) >= 11 is 0. The Bertz CT molecular complexity index is 2960. The van der Waals surface area contributed by atoms with Crippen molar-refractivity contribution < 1.29 is 0 Å². The highest BCUT2D eigenvalue weighted by atomic mass is 15.0. The van der Waals surface area contributed by atoms with Gasteiger partial charge in [0.05, 0.1) is 33.9 Å². The van der Waals surface area contributed by atoms with Crippen LogP contribution < -0.4 is 0 Å². The number of rotatable bonds is 4. The number of benzene rings is 7. The standard InChI is InChI=1S/C45H26N6/c46-27-28-14-20-39-37(23-28)38-26-36(19-21-40(38)51(39)41-13-5-11-31-12-6-22-47-42(31)41)45-49-43(34-17-15-29-7-1-3-9-32(29)24-34)48-44(50-45)35-18-16-30-8-2-4-10-33(30)25-35/h1-26H. The average Bonchev–Trinajstić information content (AvgIpc) is 3.52. The Balaban J connectivity index is 1.22. The second kappa shape index (κ2) is 11.4.